The van der Waals surface area contributed by atoms with Crippen molar-refractivity contribution in [2.24, 2.45) is 0 Å². The van der Waals surface area contributed by atoms with Crippen molar-refractivity contribution in [1.82, 2.24) is 24.6 Å². The number of anilines is 1. The molecule has 4 aromatic rings. The molecular weight excluding hydrogens is 456 g/mol. The van der Waals surface area contributed by atoms with Gasteiger partial charge in [0.25, 0.3) is 0 Å². The number of nitrogens with zero attached hydrogens (tertiary/aromatic N) is 5. The van der Waals surface area contributed by atoms with E-state index in [0.717, 1.165) is 52.6 Å². The van der Waals surface area contributed by atoms with Crippen molar-refractivity contribution in [3.8, 4) is 27.5 Å². The summed E-state index contributed by atoms with van der Waals surface area (Å²) >= 11 is 1.52. The lowest BCUT2D eigenvalue weighted by Gasteiger charge is -2.26. The number of carbonyl (C=O) groups excluding carboxylic acids is 1. The SMILES string of the molecule is CC(=O)Nc1nc2c(s1)-c1c(c(-c3cccnc3)nn1-c1ccc(CN3CCCCC3)cc1)CC2. The van der Waals surface area contributed by atoms with Gasteiger partial charge >= 0.3 is 0 Å². The molecule has 1 saturated heterocycles. The number of pyridine rings is 1. The predicted molar refractivity (Wildman–Crippen MR) is 139 cm³/mol. The molecule has 3 aromatic heterocycles. The average molecular weight is 485 g/mol. The fraction of sp³-hybridized carbons (Fsp3) is 0.333. The Bertz CT molecular complexity index is 1350. The second-order valence-electron chi connectivity index (χ2n) is 9.31. The van der Waals surface area contributed by atoms with Gasteiger partial charge < -0.3 is 5.32 Å². The second-order valence-corrected chi connectivity index (χ2v) is 10.3. The first-order valence-electron chi connectivity index (χ1n) is 12.3. The summed E-state index contributed by atoms with van der Waals surface area (Å²) in [7, 11) is 0. The molecule has 1 amide bonds. The van der Waals surface area contributed by atoms with Gasteiger partial charge in [0.05, 0.1) is 27.6 Å². The van der Waals surface area contributed by atoms with E-state index in [1.165, 1.54) is 61.7 Å². The van der Waals surface area contributed by atoms with E-state index in [-0.39, 0.29) is 5.91 Å². The van der Waals surface area contributed by atoms with Gasteiger partial charge in [0, 0.05) is 37.0 Å². The summed E-state index contributed by atoms with van der Waals surface area (Å²) in [6.07, 6.45) is 9.28. The first kappa shape index (κ1) is 22.1. The number of fused-ring (bicyclic) bond motifs is 3. The third-order valence-electron chi connectivity index (χ3n) is 6.76. The van der Waals surface area contributed by atoms with Crippen LogP contribution >= 0.6 is 11.3 Å². The summed E-state index contributed by atoms with van der Waals surface area (Å²) in [5.41, 5.74) is 7.64. The first-order valence-corrected chi connectivity index (χ1v) is 13.1. The number of benzene rings is 1. The van der Waals surface area contributed by atoms with E-state index in [9.17, 15) is 4.79 Å². The fourth-order valence-electron chi connectivity index (χ4n) is 5.11. The number of thiazole rings is 1. The van der Waals surface area contributed by atoms with Crippen LogP contribution in [0.4, 0.5) is 5.13 Å². The van der Waals surface area contributed by atoms with Gasteiger partial charge in [-0.3, -0.25) is 14.7 Å². The van der Waals surface area contributed by atoms with E-state index in [2.05, 4.69) is 50.2 Å². The molecule has 8 heteroatoms. The monoisotopic (exact) mass is 484 g/mol. The second kappa shape index (κ2) is 9.36. The van der Waals surface area contributed by atoms with Crippen LogP contribution in [0.2, 0.25) is 0 Å². The number of amides is 1. The van der Waals surface area contributed by atoms with E-state index in [1.54, 1.807) is 6.20 Å². The van der Waals surface area contributed by atoms with Crippen LogP contribution in [0.3, 0.4) is 0 Å². The highest BCUT2D eigenvalue weighted by atomic mass is 32.1. The number of rotatable bonds is 5. The number of likely N-dealkylation sites (tertiary alicyclic amines) is 1. The van der Waals surface area contributed by atoms with Gasteiger partial charge in [-0.2, -0.15) is 5.10 Å². The van der Waals surface area contributed by atoms with Gasteiger partial charge in [-0.15, -0.1) is 0 Å². The Morgan fingerprint density at radius 1 is 1.09 bits per heavy atom. The van der Waals surface area contributed by atoms with Gasteiger partial charge in [0.2, 0.25) is 5.91 Å². The van der Waals surface area contributed by atoms with Crippen LogP contribution in [0.15, 0.2) is 48.8 Å². The van der Waals surface area contributed by atoms with Crippen molar-refractivity contribution < 1.29 is 4.79 Å². The van der Waals surface area contributed by atoms with Crippen LogP contribution in [0.1, 0.15) is 43.0 Å². The summed E-state index contributed by atoms with van der Waals surface area (Å²) in [5.74, 6) is -0.106. The molecular formula is C27H28N6OS. The minimum atomic E-state index is -0.106. The topological polar surface area (TPSA) is 75.9 Å². The zero-order chi connectivity index (χ0) is 23.8. The highest BCUT2D eigenvalue weighted by molar-refractivity contribution is 7.19. The molecule has 0 radical (unpaired) electrons. The maximum atomic E-state index is 11.7. The highest BCUT2D eigenvalue weighted by Gasteiger charge is 2.30. The lowest BCUT2D eigenvalue weighted by molar-refractivity contribution is -0.114. The first-order chi connectivity index (χ1) is 17.2. The van der Waals surface area contributed by atoms with Crippen molar-refractivity contribution in [3.05, 3.63) is 65.6 Å². The summed E-state index contributed by atoms with van der Waals surface area (Å²) < 4.78 is 2.05. The molecule has 1 fully saturated rings. The summed E-state index contributed by atoms with van der Waals surface area (Å²) in [4.78, 5) is 24.3. The molecule has 0 bridgehead atoms. The molecule has 2 aliphatic rings. The third kappa shape index (κ3) is 4.39. The molecule has 7 nitrogen and oxygen atoms in total. The maximum Gasteiger partial charge on any atom is 0.223 e. The van der Waals surface area contributed by atoms with Gasteiger partial charge in [-0.05, 0) is 68.6 Å². The molecule has 1 aliphatic heterocycles. The summed E-state index contributed by atoms with van der Waals surface area (Å²) in [6.45, 7) is 4.89. The lowest BCUT2D eigenvalue weighted by atomic mass is 9.95. The minimum absolute atomic E-state index is 0.106. The standard InChI is InChI=1S/C27H28N6OS/c1-18(34)29-27-30-23-12-11-22-24(20-6-5-13-28-16-20)31-33(25(22)26(23)35-27)21-9-7-19(8-10-21)17-32-14-3-2-4-15-32/h5-10,13,16H,2-4,11-12,14-15,17H2,1H3,(H,29,30,34). The van der Waals surface area contributed by atoms with Crippen LogP contribution in [0.5, 0.6) is 0 Å². The molecule has 4 heterocycles. The number of hydrogen-bond acceptors (Lipinski definition) is 6. The molecule has 0 unspecified atom stereocenters. The molecule has 1 aliphatic carbocycles. The van der Waals surface area contributed by atoms with Crippen LogP contribution in [-0.2, 0) is 24.2 Å². The Labute approximate surface area is 208 Å². The fourth-order valence-corrected chi connectivity index (χ4v) is 6.23. The third-order valence-corrected chi connectivity index (χ3v) is 7.78. The van der Waals surface area contributed by atoms with Gasteiger partial charge in [0.15, 0.2) is 5.13 Å². The van der Waals surface area contributed by atoms with Crippen LogP contribution in [-0.4, -0.2) is 43.6 Å². The van der Waals surface area contributed by atoms with E-state index < -0.39 is 0 Å². The molecule has 1 N–H and O–H groups in total. The van der Waals surface area contributed by atoms with Crippen LogP contribution in [0, 0.1) is 0 Å². The molecule has 0 saturated carbocycles. The molecule has 0 atom stereocenters. The number of aryl methyl sites for hydroxylation is 1. The molecule has 6 rings (SSSR count). The van der Waals surface area contributed by atoms with E-state index in [4.69, 9.17) is 10.1 Å². The number of carbonyl (C=O) groups is 1. The molecule has 35 heavy (non-hydrogen) atoms. The van der Waals surface area contributed by atoms with Crippen LogP contribution in [0.25, 0.3) is 27.5 Å². The van der Waals surface area contributed by atoms with Gasteiger partial charge in [0.1, 0.15) is 0 Å². The van der Waals surface area contributed by atoms with Crippen molar-refractivity contribution in [1.29, 1.82) is 0 Å². The maximum absolute atomic E-state index is 11.7. The van der Waals surface area contributed by atoms with Crippen molar-refractivity contribution >= 4 is 22.4 Å². The smallest absolute Gasteiger partial charge is 0.223 e. The Morgan fingerprint density at radius 2 is 1.91 bits per heavy atom. The van der Waals surface area contributed by atoms with Gasteiger partial charge in [-0.1, -0.05) is 29.9 Å². The predicted octanol–water partition coefficient (Wildman–Crippen LogP) is 5.10. The Hall–Kier alpha value is -3.36. The Kier molecular flexibility index (Phi) is 5.91. The number of hydrogen-bond donors (Lipinski definition) is 1. The molecule has 1 aromatic carbocycles. The average Bonchev–Trinajstić information content (AvgIpc) is 3.46. The summed E-state index contributed by atoms with van der Waals surface area (Å²) in [5, 5.41) is 8.61. The van der Waals surface area contributed by atoms with Crippen LogP contribution < -0.4 is 5.32 Å². The Balaban J connectivity index is 1.41. The molecule has 178 valence electrons. The van der Waals surface area contributed by atoms with Crippen molar-refractivity contribution in [2.75, 3.05) is 18.4 Å². The zero-order valence-electron chi connectivity index (χ0n) is 19.8. The quantitative estimate of drug-likeness (QED) is 0.427. The number of nitrogens with one attached hydrogen (secondary N) is 1. The van der Waals surface area contributed by atoms with E-state index in [1.807, 2.05) is 12.3 Å². The summed E-state index contributed by atoms with van der Waals surface area (Å²) in [6, 6.07) is 12.8. The van der Waals surface area contributed by atoms with E-state index >= 15 is 0 Å². The largest absolute Gasteiger partial charge is 0.302 e. The number of piperidine rings is 1. The number of aromatic nitrogens is 4. The van der Waals surface area contributed by atoms with Gasteiger partial charge in [-0.25, -0.2) is 9.67 Å². The molecule has 0 spiro atoms. The minimum Gasteiger partial charge on any atom is -0.302 e. The zero-order valence-corrected chi connectivity index (χ0v) is 20.6. The Morgan fingerprint density at radius 3 is 2.66 bits per heavy atom. The van der Waals surface area contributed by atoms with Crippen molar-refractivity contribution in [2.45, 2.75) is 45.6 Å². The lowest BCUT2D eigenvalue weighted by Crippen LogP contribution is -2.29. The van der Waals surface area contributed by atoms with Crippen molar-refractivity contribution in [3.63, 3.8) is 0 Å². The van der Waals surface area contributed by atoms with E-state index in [0.29, 0.717) is 5.13 Å². The normalized spacial score (nSPS) is 15.5. The highest BCUT2D eigenvalue weighted by Crippen LogP contribution is 2.44.